The van der Waals surface area contributed by atoms with Crippen LogP contribution in [0, 0.1) is 0 Å². The molecular weight excluding hydrogens is 254 g/mol. The Morgan fingerprint density at radius 1 is 1.30 bits per heavy atom. The van der Waals surface area contributed by atoms with E-state index in [2.05, 4.69) is 26.3 Å². The van der Waals surface area contributed by atoms with Crippen molar-refractivity contribution in [2.45, 2.75) is 18.3 Å². The van der Waals surface area contributed by atoms with E-state index in [1.165, 1.54) is 5.56 Å². The molecule has 3 aromatic rings. The van der Waals surface area contributed by atoms with Gasteiger partial charge < -0.3 is 4.52 Å². The van der Waals surface area contributed by atoms with Gasteiger partial charge in [-0.15, -0.1) is 0 Å². The van der Waals surface area contributed by atoms with Crippen LogP contribution >= 0.6 is 0 Å². The van der Waals surface area contributed by atoms with Crippen molar-refractivity contribution in [2.75, 3.05) is 0 Å². The van der Waals surface area contributed by atoms with Gasteiger partial charge in [0, 0.05) is 31.6 Å². The van der Waals surface area contributed by atoms with Gasteiger partial charge in [0.15, 0.2) is 0 Å². The molecule has 20 heavy (non-hydrogen) atoms. The van der Waals surface area contributed by atoms with E-state index >= 15 is 0 Å². The van der Waals surface area contributed by atoms with E-state index in [0.29, 0.717) is 23.6 Å². The molecule has 3 heterocycles. The van der Waals surface area contributed by atoms with E-state index in [9.17, 15) is 0 Å². The first-order valence-electron chi connectivity index (χ1n) is 6.54. The number of hydrogen-bond donors (Lipinski definition) is 0. The standard InChI is InChI=1S/C14H13N5O/c1-19-8-10(7-16-19)13-17-14(20-18-13)12-5-11(12)9-3-2-4-15-6-9/h2-4,6-8,11-12H,5H2,1H3. The van der Waals surface area contributed by atoms with Gasteiger partial charge in [0.1, 0.15) is 0 Å². The van der Waals surface area contributed by atoms with Crippen molar-refractivity contribution in [1.29, 1.82) is 0 Å². The largest absolute Gasteiger partial charge is 0.339 e. The van der Waals surface area contributed by atoms with Crippen LogP contribution < -0.4 is 0 Å². The molecule has 6 heteroatoms. The van der Waals surface area contributed by atoms with E-state index in [4.69, 9.17) is 4.52 Å². The molecule has 0 aliphatic heterocycles. The highest BCUT2D eigenvalue weighted by Crippen LogP contribution is 2.53. The topological polar surface area (TPSA) is 69.6 Å². The summed E-state index contributed by atoms with van der Waals surface area (Å²) in [5.74, 6) is 2.07. The maximum atomic E-state index is 5.39. The third kappa shape index (κ3) is 1.89. The molecule has 6 nitrogen and oxygen atoms in total. The van der Waals surface area contributed by atoms with Crippen molar-refractivity contribution in [3.8, 4) is 11.4 Å². The molecule has 0 aromatic carbocycles. The molecule has 1 aliphatic rings. The van der Waals surface area contributed by atoms with Crippen LogP contribution in [0.2, 0.25) is 0 Å². The monoisotopic (exact) mass is 267 g/mol. The van der Waals surface area contributed by atoms with Crippen molar-refractivity contribution in [3.63, 3.8) is 0 Å². The van der Waals surface area contributed by atoms with E-state index < -0.39 is 0 Å². The first kappa shape index (κ1) is 11.3. The molecule has 3 aromatic heterocycles. The highest BCUT2D eigenvalue weighted by molar-refractivity contribution is 5.51. The molecule has 1 saturated carbocycles. The fraction of sp³-hybridized carbons (Fsp3) is 0.286. The average Bonchev–Trinajstić information content (AvgIpc) is 2.91. The maximum Gasteiger partial charge on any atom is 0.230 e. The molecule has 1 fully saturated rings. The lowest BCUT2D eigenvalue weighted by Crippen LogP contribution is -1.86. The normalized spacial score (nSPS) is 21.1. The summed E-state index contributed by atoms with van der Waals surface area (Å²) in [5.41, 5.74) is 2.11. The lowest BCUT2D eigenvalue weighted by atomic mass is 10.1. The van der Waals surface area contributed by atoms with Crippen LogP contribution in [0.25, 0.3) is 11.4 Å². The van der Waals surface area contributed by atoms with Crippen LogP contribution in [-0.2, 0) is 7.05 Å². The van der Waals surface area contributed by atoms with E-state index in [1.807, 2.05) is 25.5 Å². The second-order valence-corrected chi connectivity index (χ2v) is 5.09. The van der Waals surface area contributed by atoms with E-state index in [1.54, 1.807) is 17.1 Å². The minimum absolute atomic E-state index is 0.317. The summed E-state index contributed by atoms with van der Waals surface area (Å²) in [5, 5.41) is 8.15. The van der Waals surface area contributed by atoms with Gasteiger partial charge in [0.2, 0.25) is 11.7 Å². The van der Waals surface area contributed by atoms with Crippen molar-refractivity contribution >= 4 is 0 Å². The molecule has 1 aliphatic carbocycles. The first-order valence-corrected chi connectivity index (χ1v) is 6.54. The minimum atomic E-state index is 0.317. The minimum Gasteiger partial charge on any atom is -0.339 e. The van der Waals surface area contributed by atoms with Crippen molar-refractivity contribution in [3.05, 3.63) is 48.4 Å². The molecule has 2 unspecified atom stereocenters. The van der Waals surface area contributed by atoms with Crippen LogP contribution in [0.1, 0.15) is 29.7 Å². The lowest BCUT2D eigenvalue weighted by Gasteiger charge is -1.95. The highest BCUT2D eigenvalue weighted by Gasteiger charge is 2.43. The van der Waals surface area contributed by atoms with Crippen LogP contribution in [0.5, 0.6) is 0 Å². The Morgan fingerprint density at radius 2 is 2.25 bits per heavy atom. The lowest BCUT2D eigenvalue weighted by molar-refractivity contribution is 0.378. The molecule has 4 rings (SSSR count). The summed E-state index contributed by atoms with van der Waals surface area (Å²) in [4.78, 5) is 8.63. The number of rotatable bonds is 3. The van der Waals surface area contributed by atoms with Gasteiger partial charge in [-0.3, -0.25) is 9.67 Å². The molecule has 100 valence electrons. The van der Waals surface area contributed by atoms with Crippen molar-refractivity contribution < 1.29 is 4.52 Å². The predicted molar refractivity (Wildman–Crippen MR) is 70.8 cm³/mol. The second-order valence-electron chi connectivity index (χ2n) is 5.09. The van der Waals surface area contributed by atoms with Crippen molar-refractivity contribution in [2.24, 2.45) is 7.05 Å². The fourth-order valence-electron chi connectivity index (χ4n) is 2.47. The summed E-state index contributed by atoms with van der Waals surface area (Å²) >= 11 is 0. The molecule has 0 saturated heterocycles. The number of pyridine rings is 1. The smallest absolute Gasteiger partial charge is 0.230 e. The van der Waals surface area contributed by atoms with Gasteiger partial charge in [-0.25, -0.2) is 0 Å². The van der Waals surface area contributed by atoms with Gasteiger partial charge in [-0.1, -0.05) is 11.2 Å². The third-order valence-corrected chi connectivity index (χ3v) is 3.63. The van der Waals surface area contributed by atoms with E-state index in [-0.39, 0.29) is 0 Å². The quantitative estimate of drug-likeness (QED) is 0.727. The molecule has 0 amide bonds. The first-order chi connectivity index (χ1) is 9.81. The van der Waals surface area contributed by atoms with Crippen LogP contribution in [0.15, 0.2) is 41.4 Å². The molecular formula is C14H13N5O. The number of aryl methyl sites for hydroxylation is 1. The Morgan fingerprint density at radius 3 is 3.00 bits per heavy atom. The Bertz CT molecular complexity index is 733. The van der Waals surface area contributed by atoms with Crippen molar-refractivity contribution in [1.82, 2.24) is 24.9 Å². The van der Waals surface area contributed by atoms with Crippen LogP contribution in [-0.4, -0.2) is 24.9 Å². The predicted octanol–water partition coefficient (Wildman–Crippen LogP) is 2.14. The van der Waals surface area contributed by atoms with Crippen LogP contribution in [0.3, 0.4) is 0 Å². The zero-order chi connectivity index (χ0) is 13.5. The zero-order valence-corrected chi connectivity index (χ0v) is 11.0. The Hall–Kier alpha value is -2.50. The van der Waals surface area contributed by atoms with Gasteiger partial charge in [-0.05, 0) is 24.0 Å². The van der Waals surface area contributed by atoms with E-state index in [0.717, 1.165) is 12.0 Å². The zero-order valence-electron chi connectivity index (χ0n) is 11.0. The van der Waals surface area contributed by atoms with Crippen LogP contribution in [0.4, 0.5) is 0 Å². The third-order valence-electron chi connectivity index (χ3n) is 3.63. The van der Waals surface area contributed by atoms with Gasteiger partial charge in [0.05, 0.1) is 11.8 Å². The molecule has 0 bridgehead atoms. The number of nitrogens with zero attached hydrogens (tertiary/aromatic N) is 5. The molecule has 0 N–H and O–H groups in total. The van der Waals surface area contributed by atoms with Gasteiger partial charge >= 0.3 is 0 Å². The Kier molecular flexibility index (Phi) is 2.42. The Balaban J connectivity index is 1.56. The maximum absolute atomic E-state index is 5.39. The average molecular weight is 267 g/mol. The highest BCUT2D eigenvalue weighted by atomic mass is 16.5. The number of hydrogen-bond acceptors (Lipinski definition) is 5. The molecule has 0 radical (unpaired) electrons. The van der Waals surface area contributed by atoms with Gasteiger partial charge in [-0.2, -0.15) is 10.1 Å². The SMILES string of the molecule is Cn1cc(-c2noc(C3CC3c3cccnc3)n2)cn1. The molecule has 2 atom stereocenters. The van der Waals surface area contributed by atoms with Gasteiger partial charge in [0.25, 0.3) is 0 Å². The summed E-state index contributed by atoms with van der Waals surface area (Å²) in [6, 6.07) is 4.05. The summed E-state index contributed by atoms with van der Waals surface area (Å²) in [6.45, 7) is 0. The summed E-state index contributed by atoms with van der Waals surface area (Å²) in [6.07, 6.45) is 8.35. The summed E-state index contributed by atoms with van der Waals surface area (Å²) < 4.78 is 7.11. The summed E-state index contributed by atoms with van der Waals surface area (Å²) in [7, 11) is 1.86. The number of aromatic nitrogens is 5. The fourth-order valence-corrected chi connectivity index (χ4v) is 2.47. The molecule has 0 spiro atoms. The Labute approximate surface area is 115 Å². The second kappa shape index (κ2) is 4.26.